The van der Waals surface area contributed by atoms with E-state index >= 15 is 0 Å². The molecule has 36 heavy (non-hydrogen) atoms. The molecule has 0 atom stereocenters. The van der Waals surface area contributed by atoms with Crippen molar-refractivity contribution in [3.05, 3.63) is 60.7 Å². The summed E-state index contributed by atoms with van der Waals surface area (Å²) in [7, 11) is -2.68. The molecule has 6 nitrogen and oxygen atoms in total. The van der Waals surface area contributed by atoms with Crippen LogP contribution in [0.5, 0.6) is 0 Å². The number of halogens is 1. The first-order chi connectivity index (χ1) is 16.9. The van der Waals surface area contributed by atoms with Crippen LogP contribution < -0.4 is 10.6 Å². The number of carbonyl (C=O) groups excluding carboxylic acids is 1. The van der Waals surface area contributed by atoms with Crippen molar-refractivity contribution in [3.8, 4) is 11.1 Å². The molecule has 0 aliphatic carbocycles. The van der Waals surface area contributed by atoms with E-state index in [-0.39, 0.29) is 29.9 Å². The van der Waals surface area contributed by atoms with Crippen molar-refractivity contribution in [3.63, 3.8) is 0 Å². The van der Waals surface area contributed by atoms with Gasteiger partial charge in [-0.25, -0.2) is 0 Å². The Morgan fingerprint density at radius 3 is 1.97 bits per heavy atom. The second kappa shape index (κ2) is 17.7. The Labute approximate surface area is 235 Å². The topological polar surface area (TPSA) is 68.8 Å². The average molecular weight is 627 g/mol. The molecule has 0 heterocycles. The van der Waals surface area contributed by atoms with Crippen LogP contribution in [0.25, 0.3) is 11.1 Å². The monoisotopic (exact) mass is 626 g/mol. The molecule has 0 saturated carbocycles. The molecule has 2 rings (SSSR count). The lowest BCUT2D eigenvalue weighted by atomic mass is 10.0. The molecule has 0 unspecified atom stereocenters. The Kier molecular flexibility index (Phi) is 15.9. The summed E-state index contributed by atoms with van der Waals surface area (Å²) in [6, 6.07) is 16.9. The van der Waals surface area contributed by atoms with E-state index in [0.29, 0.717) is 25.4 Å². The zero-order valence-electron chi connectivity index (χ0n) is 22.2. The van der Waals surface area contributed by atoms with E-state index < -0.39 is 8.80 Å². The van der Waals surface area contributed by atoms with Crippen molar-refractivity contribution in [2.45, 2.75) is 59.4 Å². The minimum atomic E-state index is -2.68. The molecule has 0 aliphatic rings. The fraction of sp³-hybridized carbons (Fsp3) is 0.464. The third-order valence-corrected chi connectivity index (χ3v) is 8.22. The lowest BCUT2D eigenvalue weighted by molar-refractivity contribution is -0.112. The fourth-order valence-corrected chi connectivity index (χ4v) is 6.34. The van der Waals surface area contributed by atoms with Crippen molar-refractivity contribution in [2.24, 2.45) is 0 Å². The fourth-order valence-electron chi connectivity index (χ4n) is 3.50. The molecule has 2 aromatic carbocycles. The summed E-state index contributed by atoms with van der Waals surface area (Å²) < 4.78 is 18.6. The second-order valence-corrected chi connectivity index (χ2v) is 11.3. The van der Waals surface area contributed by atoms with Crippen LogP contribution in [0.4, 0.5) is 11.4 Å². The average Bonchev–Trinajstić information content (AvgIpc) is 2.88. The van der Waals surface area contributed by atoms with Crippen molar-refractivity contribution in [1.29, 1.82) is 0 Å². The van der Waals surface area contributed by atoms with Gasteiger partial charge in [-0.3, -0.25) is 4.79 Å². The number of hydrogen-bond donors (Lipinski definition) is 2. The molecule has 0 aliphatic heterocycles. The Hall–Kier alpha value is -1.72. The van der Waals surface area contributed by atoms with Crippen molar-refractivity contribution in [2.75, 3.05) is 37.0 Å². The lowest BCUT2D eigenvalue weighted by Crippen LogP contribution is -2.46. The van der Waals surface area contributed by atoms with Crippen molar-refractivity contribution < 1.29 is 18.1 Å². The van der Waals surface area contributed by atoms with Crippen molar-refractivity contribution in [1.82, 2.24) is 0 Å². The normalized spacial score (nSPS) is 11.0. The molecule has 8 heteroatoms. The number of hydrogen-bond acceptors (Lipinski definition) is 5. The molecule has 0 radical (unpaired) electrons. The van der Waals surface area contributed by atoms with E-state index in [0.717, 1.165) is 60.8 Å². The van der Waals surface area contributed by atoms with Gasteiger partial charge in [0.2, 0.25) is 0 Å². The van der Waals surface area contributed by atoms with Crippen LogP contribution in [0.2, 0.25) is 6.04 Å². The van der Waals surface area contributed by atoms with Crippen LogP contribution >= 0.6 is 24.0 Å². The van der Waals surface area contributed by atoms with Gasteiger partial charge in [0.05, 0.1) is 0 Å². The molecule has 0 aromatic heterocycles. The smallest absolute Gasteiger partial charge is 0.385 e. The quantitative estimate of drug-likeness (QED) is 0.0824. The largest absolute Gasteiger partial charge is 0.501 e. The van der Waals surface area contributed by atoms with Gasteiger partial charge in [-0.1, -0.05) is 57.7 Å². The van der Waals surface area contributed by atoms with E-state index in [9.17, 15) is 4.79 Å². The van der Waals surface area contributed by atoms with Gasteiger partial charge in [-0.15, -0.1) is 24.0 Å². The molecule has 2 N–H and O–H groups in total. The predicted octanol–water partition coefficient (Wildman–Crippen LogP) is 7.51. The number of para-hydroxylation sites is 1. The Bertz CT molecular complexity index is 902. The Morgan fingerprint density at radius 2 is 1.44 bits per heavy atom. The summed E-state index contributed by atoms with van der Waals surface area (Å²) in [5.41, 5.74) is 4.49. The number of rotatable bonds is 17. The zero-order chi connectivity index (χ0) is 25.5. The summed E-state index contributed by atoms with van der Waals surface area (Å²) >= 11 is 0. The highest BCUT2D eigenvalue weighted by Crippen LogP contribution is 2.29. The van der Waals surface area contributed by atoms with Crippen LogP contribution in [0.1, 0.15) is 53.4 Å². The van der Waals surface area contributed by atoms with Crippen LogP contribution in [0.3, 0.4) is 0 Å². The SMILES string of the molecule is C=C(C)C(=O)Nc1ccc(-c2ccccc2NCCC[Si](OCCC)(OCCC)OCCC)cc1.I. The van der Waals surface area contributed by atoms with Gasteiger partial charge < -0.3 is 23.9 Å². The third-order valence-electron chi connectivity index (χ3n) is 5.32. The van der Waals surface area contributed by atoms with E-state index in [1.54, 1.807) is 6.92 Å². The van der Waals surface area contributed by atoms with Gasteiger partial charge in [0.15, 0.2) is 0 Å². The van der Waals surface area contributed by atoms with E-state index in [1.165, 1.54) is 0 Å². The number of carbonyl (C=O) groups is 1. The summed E-state index contributed by atoms with van der Waals surface area (Å²) in [5, 5.41) is 6.44. The molecule has 200 valence electrons. The maximum Gasteiger partial charge on any atom is 0.501 e. The maximum atomic E-state index is 11.9. The van der Waals surface area contributed by atoms with Gasteiger partial charge in [0.1, 0.15) is 0 Å². The third kappa shape index (κ3) is 10.7. The van der Waals surface area contributed by atoms with Gasteiger partial charge in [0.25, 0.3) is 5.91 Å². The molecule has 1 amide bonds. The molecule has 0 saturated heterocycles. The molecular formula is C28H43IN2O4Si. The van der Waals surface area contributed by atoms with E-state index in [2.05, 4.69) is 50.1 Å². The van der Waals surface area contributed by atoms with Crippen molar-refractivity contribution >= 4 is 50.1 Å². The lowest BCUT2D eigenvalue weighted by Gasteiger charge is -2.29. The summed E-state index contributed by atoms with van der Waals surface area (Å²) in [4.78, 5) is 11.9. The van der Waals surface area contributed by atoms with Gasteiger partial charge in [-0.2, -0.15) is 0 Å². The standard InChI is InChI=1S/C28H42N2O4Si.HI/c1-6-19-32-35(33-20-7-2,34-21-8-3)22-11-18-29-27-13-10-9-12-26(27)24-14-16-25(17-15-24)30-28(31)23(4)5;/h9-10,12-17,29H,4,6-8,11,18-22H2,1-3,5H3,(H,30,31);1H. The maximum absolute atomic E-state index is 11.9. The highest BCUT2D eigenvalue weighted by molar-refractivity contribution is 14.0. The molecule has 0 fully saturated rings. The molecular weight excluding hydrogens is 583 g/mol. The Balaban J connectivity index is 0.00000648. The molecule has 2 aromatic rings. The number of amides is 1. The first-order valence-corrected chi connectivity index (χ1v) is 14.7. The van der Waals surface area contributed by atoms with Crippen LogP contribution in [-0.2, 0) is 18.1 Å². The van der Waals surface area contributed by atoms with Gasteiger partial charge in [-0.05, 0) is 56.4 Å². The zero-order valence-corrected chi connectivity index (χ0v) is 25.6. The first-order valence-electron chi connectivity index (χ1n) is 12.8. The summed E-state index contributed by atoms with van der Waals surface area (Å²) in [5.74, 6) is -0.173. The summed E-state index contributed by atoms with van der Waals surface area (Å²) in [6.45, 7) is 14.5. The molecule has 0 bridgehead atoms. The number of benzene rings is 2. The minimum Gasteiger partial charge on any atom is -0.385 e. The Morgan fingerprint density at radius 1 is 0.889 bits per heavy atom. The van der Waals surface area contributed by atoms with Crippen LogP contribution in [-0.4, -0.2) is 41.1 Å². The van der Waals surface area contributed by atoms with Crippen LogP contribution in [0.15, 0.2) is 60.7 Å². The number of anilines is 2. The summed E-state index contributed by atoms with van der Waals surface area (Å²) in [6.07, 6.45) is 3.73. The predicted molar refractivity (Wildman–Crippen MR) is 163 cm³/mol. The van der Waals surface area contributed by atoms with Gasteiger partial charge >= 0.3 is 8.80 Å². The highest BCUT2D eigenvalue weighted by atomic mass is 127. The van der Waals surface area contributed by atoms with Gasteiger partial charge in [0, 0.05) is 54.9 Å². The minimum absolute atomic E-state index is 0. The van der Waals surface area contributed by atoms with Crippen LogP contribution in [0, 0.1) is 0 Å². The second-order valence-electron chi connectivity index (χ2n) is 8.62. The number of nitrogens with one attached hydrogen (secondary N) is 2. The molecule has 0 spiro atoms. The highest BCUT2D eigenvalue weighted by Gasteiger charge is 2.40. The van der Waals surface area contributed by atoms with E-state index in [1.807, 2.05) is 36.4 Å². The van der Waals surface area contributed by atoms with E-state index in [4.69, 9.17) is 13.3 Å². The first kappa shape index (κ1) is 32.3.